The lowest BCUT2D eigenvalue weighted by molar-refractivity contribution is -0.274. The van der Waals surface area contributed by atoms with Crippen LogP contribution in [-0.2, 0) is 17.8 Å². The summed E-state index contributed by atoms with van der Waals surface area (Å²) in [6, 6.07) is 8.14. The fraction of sp³-hybridized carbons (Fsp3) is 0.278. The molecule has 1 aliphatic rings. The van der Waals surface area contributed by atoms with Gasteiger partial charge in [0.25, 0.3) is 0 Å². The van der Waals surface area contributed by atoms with Crippen molar-refractivity contribution in [2.75, 3.05) is 18.7 Å². The number of ether oxygens (including phenoxy) is 3. The van der Waals surface area contributed by atoms with E-state index in [1.54, 1.807) is 0 Å². The molecule has 1 aliphatic heterocycles. The first kappa shape index (κ1) is 19.7. The predicted octanol–water partition coefficient (Wildman–Crippen LogP) is 3.56. The maximum absolute atomic E-state index is 13.7. The lowest BCUT2D eigenvalue weighted by atomic mass is 10.1. The first-order valence-corrected chi connectivity index (χ1v) is 8.25. The van der Waals surface area contributed by atoms with Crippen molar-refractivity contribution < 1.29 is 31.8 Å². The van der Waals surface area contributed by atoms with Gasteiger partial charge in [-0.2, -0.15) is 0 Å². The van der Waals surface area contributed by atoms with Crippen molar-refractivity contribution >= 4 is 11.6 Å². The van der Waals surface area contributed by atoms with Crippen molar-refractivity contribution in [3.8, 4) is 11.5 Å². The number of halogens is 4. The van der Waals surface area contributed by atoms with Gasteiger partial charge in [0.2, 0.25) is 0 Å². The lowest BCUT2D eigenvalue weighted by Crippen LogP contribution is -2.25. The largest absolute Gasteiger partial charge is 0.573 e. The topological polar surface area (TPSA) is 78.1 Å². The highest BCUT2D eigenvalue weighted by atomic mass is 19.4. The van der Waals surface area contributed by atoms with Crippen LogP contribution in [0.4, 0.5) is 23.2 Å². The highest BCUT2D eigenvalue weighted by Crippen LogP contribution is 2.31. The maximum Gasteiger partial charge on any atom is 0.573 e. The molecule has 0 aliphatic carbocycles. The van der Waals surface area contributed by atoms with Crippen LogP contribution in [0.3, 0.4) is 0 Å². The Balaban J connectivity index is 1.66. The first-order chi connectivity index (χ1) is 13.3. The van der Waals surface area contributed by atoms with E-state index in [1.807, 2.05) is 0 Å². The summed E-state index contributed by atoms with van der Waals surface area (Å²) in [5, 5.41) is 2.57. The summed E-state index contributed by atoms with van der Waals surface area (Å²) >= 11 is 0. The van der Waals surface area contributed by atoms with Crippen LogP contribution in [0.25, 0.3) is 0 Å². The maximum atomic E-state index is 13.7. The molecule has 28 heavy (non-hydrogen) atoms. The number of nitrogens with one attached hydrogen (secondary N) is 1. The van der Waals surface area contributed by atoms with E-state index >= 15 is 0 Å². The molecule has 1 heterocycles. The van der Waals surface area contributed by atoms with Crippen molar-refractivity contribution in [2.45, 2.75) is 19.4 Å². The zero-order valence-corrected chi connectivity index (χ0v) is 14.6. The number of aliphatic imine (C=N–C) groups is 1. The van der Waals surface area contributed by atoms with Gasteiger partial charge < -0.3 is 25.3 Å². The zero-order valence-electron chi connectivity index (χ0n) is 14.6. The highest BCUT2D eigenvalue weighted by Gasteiger charge is 2.32. The number of nitrogens with two attached hydrogens (primary N) is 1. The second kappa shape index (κ2) is 8.34. The minimum absolute atomic E-state index is 0.0182. The van der Waals surface area contributed by atoms with E-state index in [0.717, 1.165) is 6.07 Å². The van der Waals surface area contributed by atoms with Crippen LogP contribution in [0.15, 0.2) is 41.4 Å². The van der Waals surface area contributed by atoms with Crippen molar-refractivity contribution in [3.63, 3.8) is 0 Å². The standard InChI is InChI=1S/C18H17F4N3O3/c19-13-7-11(16-12(8-13)9-26-10-27-16)5-6-24-17(23)25-14-3-1-2-4-15(14)28-18(20,21)22/h1-4,7-8H,5-6,9-10H2,(H3,23,24,25). The van der Waals surface area contributed by atoms with Crippen LogP contribution >= 0.6 is 0 Å². The summed E-state index contributed by atoms with van der Waals surface area (Å²) in [5.74, 6) is -0.400. The van der Waals surface area contributed by atoms with E-state index in [4.69, 9.17) is 15.2 Å². The number of guanidine groups is 1. The molecule has 3 rings (SSSR count). The average Bonchev–Trinajstić information content (AvgIpc) is 2.62. The molecule has 10 heteroatoms. The Hall–Kier alpha value is -3.01. The highest BCUT2D eigenvalue weighted by molar-refractivity contribution is 5.93. The van der Waals surface area contributed by atoms with Crippen molar-refractivity contribution in [1.29, 1.82) is 0 Å². The number of anilines is 1. The van der Waals surface area contributed by atoms with Gasteiger partial charge in [-0.25, -0.2) is 4.39 Å². The van der Waals surface area contributed by atoms with E-state index in [2.05, 4.69) is 15.0 Å². The number of nitrogens with zero attached hydrogens (tertiary/aromatic N) is 1. The first-order valence-electron chi connectivity index (χ1n) is 8.25. The van der Waals surface area contributed by atoms with Crippen LogP contribution in [-0.4, -0.2) is 25.7 Å². The smallest absolute Gasteiger partial charge is 0.467 e. The second-order valence-corrected chi connectivity index (χ2v) is 5.85. The van der Waals surface area contributed by atoms with Gasteiger partial charge in [0.05, 0.1) is 12.3 Å². The summed E-state index contributed by atoms with van der Waals surface area (Å²) in [5.41, 5.74) is 6.98. The van der Waals surface area contributed by atoms with E-state index < -0.39 is 17.9 Å². The molecule has 0 saturated carbocycles. The minimum atomic E-state index is -4.83. The molecule has 0 unspecified atom stereocenters. The monoisotopic (exact) mass is 399 g/mol. The summed E-state index contributed by atoms with van der Waals surface area (Å²) in [6.07, 6.45) is -4.51. The summed E-state index contributed by atoms with van der Waals surface area (Å²) in [4.78, 5) is 4.07. The van der Waals surface area contributed by atoms with Gasteiger partial charge >= 0.3 is 6.36 Å². The molecule has 0 atom stereocenters. The molecular weight excluding hydrogens is 382 g/mol. The minimum Gasteiger partial charge on any atom is -0.467 e. The Morgan fingerprint density at radius 3 is 2.82 bits per heavy atom. The van der Waals surface area contributed by atoms with Gasteiger partial charge in [-0.1, -0.05) is 12.1 Å². The second-order valence-electron chi connectivity index (χ2n) is 5.85. The fourth-order valence-electron chi connectivity index (χ4n) is 2.70. The van der Waals surface area contributed by atoms with E-state index in [-0.39, 0.29) is 31.6 Å². The molecule has 0 saturated heterocycles. The fourth-order valence-corrected chi connectivity index (χ4v) is 2.70. The van der Waals surface area contributed by atoms with E-state index in [9.17, 15) is 17.6 Å². The van der Waals surface area contributed by atoms with Crippen molar-refractivity contribution in [3.05, 3.63) is 53.3 Å². The van der Waals surface area contributed by atoms with Gasteiger partial charge in [-0.3, -0.25) is 4.99 Å². The zero-order chi connectivity index (χ0) is 20.1. The molecule has 0 spiro atoms. The van der Waals surface area contributed by atoms with Gasteiger partial charge in [0.15, 0.2) is 18.5 Å². The predicted molar refractivity (Wildman–Crippen MR) is 93.6 cm³/mol. The SMILES string of the molecule is NC(=NCCc1cc(F)cc2c1OCOC2)Nc1ccccc1OC(F)(F)F. The number of rotatable bonds is 5. The third-order valence-electron chi connectivity index (χ3n) is 3.79. The third-order valence-corrected chi connectivity index (χ3v) is 3.79. The van der Waals surface area contributed by atoms with Crippen LogP contribution in [0.5, 0.6) is 11.5 Å². The van der Waals surface area contributed by atoms with Crippen LogP contribution < -0.4 is 20.5 Å². The molecule has 0 radical (unpaired) electrons. The van der Waals surface area contributed by atoms with Gasteiger partial charge in [-0.15, -0.1) is 13.2 Å². The third kappa shape index (κ3) is 5.26. The molecule has 2 aromatic carbocycles. The molecule has 0 amide bonds. The average molecular weight is 399 g/mol. The van der Waals surface area contributed by atoms with E-state index in [0.29, 0.717) is 23.3 Å². The Kier molecular flexibility index (Phi) is 5.88. The quantitative estimate of drug-likeness (QED) is 0.457. The number of para-hydroxylation sites is 2. The summed E-state index contributed by atoms with van der Waals surface area (Å²) < 4.78 is 65.6. The molecule has 2 aromatic rings. The van der Waals surface area contributed by atoms with Crippen molar-refractivity contribution in [1.82, 2.24) is 0 Å². The van der Waals surface area contributed by atoms with Crippen LogP contribution in [0.1, 0.15) is 11.1 Å². The molecule has 150 valence electrons. The van der Waals surface area contributed by atoms with Gasteiger partial charge in [-0.05, 0) is 36.2 Å². The van der Waals surface area contributed by atoms with Gasteiger partial charge in [0, 0.05) is 12.1 Å². The number of hydrogen-bond donors (Lipinski definition) is 2. The number of alkyl halides is 3. The number of fused-ring (bicyclic) bond motifs is 1. The summed E-state index contributed by atoms with van der Waals surface area (Å²) in [7, 11) is 0. The van der Waals surface area contributed by atoms with Crippen LogP contribution in [0, 0.1) is 5.82 Å². The molecule has 0 aromatic heterocycles. The molecule has 0 bridgehead atoms. The number of benzene rings is 2. The molecule has 6 nitrogen and oxygen atoms in total. The van der Waals surface area contributed by atoms with Crippen LogP contribution in [0.2, 0.25) is 0 Å². The molecular formula is C18H17F4N3O3. The summed E-state index contributed by atoms with van der Waals surface area (Å²) in [6.45, 7) is 0.499. The Labute approximate surface area is 157 Å². The lowest BCUT2D eigenvalue weighted by Gasteiger charge is -2.20. The van der Waals surface area contributed by atoms with Gasteiger partial charge in [0.1, 0.15) is 11.6 Å². The Bertz CT molecular complexity index is 872. The Morgan fingerprint density at radius 1 is 1.25 bits per heavy atom. The van der Waals surface area contributed by atoms with Crippen molar-refractivity contribution in [2.24, 2.45) is 10.7 Å². The van der Waals surface area contributed by atoms with E-state index in [1.165, 1.54) is 30.3 Å². The normalized spacial score (nSPS) is 14.2. The molecule has 0 fully saturated rings. The number of hydrogen-bond acceptors (Lipinski definition) is 4. The Morgan fingerprint density at radius 2 is 2.04 bits per heavy atom. The molecule has 3 N–H and O–H groups in total.